The molecule has 37 heavy (non-hydrogen) atoms. The highest BCUT2D eigenvalue weighted by Crippen LogP contribution is 2.53. The van der Waals surface area contributed by atoms with Crippen molar-refractivity contribution in [3.05, 3.63) is 53.6 Å². The third kappa shape index (κ3) is 4.38. The van der Waals surface area contributed by atoms with Gasteiger partial charge in [-0.3, -0.25) is 24.5 Å². The van der Waals surface area contributed by atoms with Crippen molar-refractivity contribution in [3.63, 3.8) is 0 Å². The van der Waals surface area contributed by atoms with E-state index in [9.17, 15) is 19.2 Å². The number of thioether (sulfide) groups is 1. The minimum Gasteiger partial charge on any atom is -0.497 e. The molecule has 4 rings (SSSR count). The molecule has 2 aromatic rings. The molecule has 0 saturated carbocycles. The summed E-state index contributed by atoms with van der Waals surface area (Å²) in [7, 11) is 4.32. The van der Waals surface area contributed by atoms with Crippen LogP contribution in [-0.2, 0) is 19.1 Å². The lowest BCUT2D eigenvalue weighted by Gasteiger charge is -2.32. The van der Waals surface area contributed by atoms with E-state index in [0.29, 0.717) is 34.1 Å². The van der Waals surface area contributed by atoms with Gasteiger partial charge in [-0.2, -0.15) is 11.8 Å². The topological polar surface area (TPSA) is 111 Å². The summed E-state index contributed by atoms with van der Waals surface area (Å²) in [4.78, 5) is 54.5. The first-order valence-corrected chi connectivity index (χ1v) is 13.2. The number of methoxy groups -OCH3 is 3. The van der Waals surface area contributed by atoms with E-state index in [1.807, 2.05) is 6.26 Å². The summed E-state index contributed by atoms with van der Waals surface area (Å²) in [6.45, 7) is 1.42. The Morgan fingerprint density at radius 1 is 1.05 bits per heavy atom. The van der Waals surface area contributed by atoms with Gasteiger partial charge in [0.05, 0.1) is 38.9 Å². The number of carbonyl (C=O) groups excluding carboxylic acids is 4. The second kappa shape index (κ2) is 10.5. The number of esters is 1. The van der Waals surface area contributed by atoms with Crippen LogP contribution < -0.4 is 19.7 Å². The van der Waals surface area contributed by atoms with Gasteiger partial charge >= 0.3 is 5.97 Å². The van der Waals surface area contributed by atoms with Crippen LogP contribution in [-0.4, -0.2) is 62.4 Å². The molecule has 2 fully saturated rings. The molecule has 10 heteroatoms. The second-order valence-electron chi connectivity index (χ2n) is 9.06. The molecule has 4 atom stereocenters. The van der Waals surface area contributed by atoms with Crippen LogP contribution in [0.4, 0.5) is 5.69 Å². The van der Waals surface area contributed by atoms with Crippen LogP contribution in [0.2, 0.25) is 0 Å². The van der Waals surface area contributed by atoms with Crippen molar-refractivity contribution >= 4 is 41.0 Å². The Balaban J connectivity index is 1.90. The molecule has 2 saturated heterocycles. The molecule has 1 N–H and O–H groups in total. The third-order valence-corrected chi connectivity index (χ3v) is 7.80. The van der Waals surface area contributed by atoms with Crippen LogP contribution in [0.15, 0.2) is 42.5 Å². The number of imide groups is 1. The quantitative estimate of drug-likeness (QED) is 0.299. The highest BCUT2D eigenvalue weighted by Gasteiger charge is 2.69. The Morgan fingerprint density at radius 2 is 1.81 bits per heavy atom. The van der Waals surface area contributed by atoms with E-state index in [0.717, 1.165) is 4.90 Å². The van der Waals surface area contributed by atoms with Crippen molar-refractivity contribution < 1.29 is 33.4 Å². The first-order chi connectivity index (χ1) is 17.7. The van der Waals surface area contributed by atoms with Gasteiger partial charge in [0.25, 0.3) is 0 Å². The van der Waals surface area contributed by atoms with Gasteiger partial charge in [-0.25, -0.2) is 4.90 Å². The van der Waals surface area contributed by atoms with Gasteiger partial charge < -0.3 is 14.2 Å². The summed E-state index contributed by atoms with van der Waals surface area (Å²) in [5.74, 6) is -2.11. The number of ketones is 1. The summed E-state index contributed by atoms with van der Waals surface area (Å²) < 4.78 is 16.1. The number of ether oxygens (including phenoxy) is 3. The van der Waals surface area contributed by atoms with E-state index in [1.54, 1.807) is 36.4 Å². The molecule has 9 nitrogen and oxygen atoms in total. The molecular formula is C27H30N2O7S. The predicted octanol–water partition coefficient (Wildman–Crippen LogP) is 3.02. The van der Waals surface area contributed by atoms with Gasteiger partial charge in [0.2, 0.25) is 11.8 Å². The molecule has 0 bridgehead atoms. The van der Waals surface area contributed by atoms with Gasteiger partial charge in [-0.15, -0.1) is 0 Å². The van der Waals surface area contributed by atoms with Gasteiger partial charge in [0, 0.05) is 23.2 Å². The Morgan fingerprint density at radius 3 is 2.43 bits per heavy atom. The second-order valence-corrected chi connectivity index (χ2v) is 10.0. The van der Waals surface area contributed by atoms with E-state index in [-0.39, 0.29) is 12.2 Å². The van der Waals surface area contributed by atoms with Crippen LogP contribution in [0.1, 0.15) is 35.3 Å². The number of nitrogens with one attached hydrogen (secondary N) is 1. The summed E-state index contributed by atoms with van der Waals surface area (Å²) in [6, 6.07) is 10.9. The van der Waals surface area contributed by atoms with E-state index in [2.05, 4.69) is 5.32 Å². The standard InChI is InChI=1S/C27H30N2O7S/c1-15(30)16-7-6-8-17(13-16)29-24(31)21-22(25(29)32)27(11-12-37-5,26(33)36-4)28-23(21)19-10-9-18(34-2)14-20(19)35-3/h6-10,13-14,21-23,28H,11-12H2,1-5H3/t21-,22+,23+,27-/m1/s1. The summed E-state index contributed by atoms with van der Waals surface area (Å²) in [6.07, 6.45) is 2.18. The minimum atomic E-state index is -1.43. The maximum Gasteiger partial charge on any atom is 0.326 e. The lowest BCUT2D eigenvalue weighted by atomic mass is 9.77. The van der Waals surface area contributed by atoms with E-state index < -0.39 is 41.2 Å². The van der Waals surface area contributed by atoms with E-state index in [1.165, 1.54) is 46.1 Å². The monoisotopic (exact) mass is 526 g/mol. The number of benzene rings is 2. The molecule has 2 amide bonds. The number of hydrogen-bond acceptors (Lipinski definition) is 9. The number of amides is 2. The zero-order chi connectivity index (χ0) is 26.9. The van der Waals surface area contributed by atoms with Gasteiger partial charge in [0.1, 0.15) is 17.0 Å². The zero-order valence-corrected chi connectivity index (χ0v) is 22.2. The first-order valence-electron chi connectivity index (χ1n) is 11.8. The average molecular weight is 527 g/mol. The molecular weight excluding hydrogens is 496 g/mol. The maximum absolute atomic E-state index is 14.0. The average Bonchev–Trinajstić information content (AvgIpc) is 3.40. The number of hydrogen-bond donors (Lipinski definition) is 1. The minimum absolute atomic E-state index is 0.187. The van der Waals surface area contributed by atoms with E-state index >= 15 is 0 Å². The smallest absolute Gasteiger partial charge is 0.326 e. The fourth-order valence-electron chi connectivity index (χ4n) is 5.43. The Kier molecular flexibility index (Phi) is 7.61. The van der Waals surface area contributed by atoms with Crippen LogP contribution in [0, 0.1) is 11.8 Å². The Bertz CT molecular complexity index is 1250. The summed E-state index contributed by atoms with van der Waals surface area (Å²) in [5, 5.41) is 3.35. The van der Waals surface area contributed by atoms with Crippen LogP contribution in [0.5, 0.6) is 11.5 Å². The van der Waals surface area contributed by atoms with Gasteiger partial charge in [0.15, 0.2) is 5.78 Å². The van der Waals surface area contributed by atoms with E-state index in [4.69, 9.17) is 14.2 Å². The number of fused-ring (bicyclic) bond motifs is 1. The lowest BCUT2D eigenvalue weighted by Crippen LogP contribution is -2.56. The Labute approximate surface area is 219 Å². The molecule has 0 aromatic heterocycles. The molecule has 0 aliphatic carbocycles. The first kappa shape index (κ1) is 26.7. The maximum atomic E-state index is 14.0. The van der Waals surface area contributed by atoms with Crippen LogP contribution in [0.3, 0.4) is 0 Å². The highest BCUT2D eigenvalue weighted by molar-refractivity contribution is 7.98. The van der Waals surface area contributed by atoms with Crippen molar-refractivity contribution in [2.75, 3.05) is 38.2 Å². The van der Waals surface area contributed by atoms with Crippen LogP contribution in [0.25, 0.3) is 0 Å². The highest BCUT2D eigenvalue weighted by atomic mass is 32.2. The number of Topliss-reactive ketones (excluding diaryl/α,β-unsaturated/α-hetero) is 1. The molecule has 0 unspecified atom stereocenters. The largest absolute Gasteiger partial charge is 0.497 e. The fourth-order valence-corrected chi connectivity index (χ4v) is 5.95. The molecule has 2 heterocycles. The van der Waals surface area contributed by atoms with Crippen molar-refractivity contribution in [1.29, 1.82) is 0 Å². The summed E-state index contributed by atoms with van der Waals surface area (Å²) >= 11 is 1.53. The number of rotatable bonds is 9. The SMILES string of the molecule is COC(=O)[C@]1(CCSC)N[C@@H](c2ccc(OC)cc2OC)[C@@H]2C(=O)N(c3cccc(C(C)=O)c3)C(=O)[C@H]21. The predicted molar refractivity (Wildman–Crippen MR) is 139 cm³/mol. The molecule has 0 spiro atoms. The number of carbonyl (C=O) groups is 4. The van der Waals surface area contributed by atoms with Gasteiger partial charge in [-0.05, 0) is 43.6 Å². The normalized spacial score (nSPS) is 24.7. The van der Waals surface area contributed by atoms with Gasteiger partial charge in [-0.1, -0.05) is 18.2 Å². The zero-order valence-electron chi connectivity index (χ0n) is 21.4. The van der Waals surface area contributed by atoms with Crippen molar-refractivity contribution in [2.45, 2.75) is 24.9 Å². The summed E-state index contributed by atoms with van der Waals surface area (Å²) in [5.41, 5.74) is -0.143. The van der Waals surface area contributed by atoms with Crippen molar-refractivity contribution in [3.8, 4) is 11.5 Å². The lowest BCUT2D eigenvalue weighted by molar-refractivity contribution is -0.152. The number of anilines is 1. The Hall–Kier alpha value is -3.37. The fraction of sp³-hybridized carbons (Fsp3) is 0.407. The molecule has 196 valence electrons. The molecule has 2 aromatic carbocycles. The van der Waals surface area contributed by atoms with Crippen molar-refractivity contribution in [1.82, 2.24) is 5.32 Å². The number of nitrogens with zero attached hydrogens (tertiary/aromatic N) is 1. The molecule has 2 aliphatic heterocycles. The molecule has 2 aliphatic rings. The van der Waals surface area contributed by atoms with Crippen molar-refractivity contribution in [2.24, 2.45) is 11.8 Å². The molecule has 0 radical (unpaired) electrons. The third-order valence-electron chi connectivity index (χ3n) is 7.19. The van der Waals surface area contributed by atoms with Crippen LogP contribution >= 0.6 is 11.8 Å².